The van der Waals surface area contributed by atoms with E-state index in [1.165, 1.54) is 13.1 Å². The first kappa shape index (κ1) is 22.4. The maximum atomic E-state index is 13.5. The molecule has 0 saturated carbocycles. The average molecular weight is 472 g/mol. The van der Waals surface area contributed by atoms with E-state index in [9.17, 15) is 9.59 Å². The second-order valence-corrected chi connectivity index (χ2v) is 8.42. The van der Waals surface area contributed by atoms with E-state index in [0.29, 0.717) is 50.1 Å². The molecule has 2 aromatic carbocycles. The number of pyridine rings is 1. The first-order valence-electron chi connectivity index (χ1n) is 11.1. The van der Waals surface area contributed by atoms with Gasteiger partial charge in [0.1, 0.15) is 18.1 Å². The average Bonchev–Trinajstić information content (AvgIpc) is 3.01. The molecule has 0 fully saturated rings. The molecule has 1 aliphatic heterocycles. The summed E-state index contributed by atoms with van der Waals surface area (Å²) in [7, 11) is 5.04. The Morgan fingerprint density at radius 3 is 2.69 bits per heavy atom. The van der Waals surface area contributed by atoms with Crippen LogP contribution in [0.4, 0.5) is 0 Å². The standard InChI is InChI=1S/C26H25N5O4/c1-14(32)15-5-7-16(8-6-15)20-13-35-25-22(17(10-27)11-28-2)21(34-4)9-18-23(25)24-19(12-29-18)30(3)26(33)31(20)24/h5-12,20,27-28H,13H2,1-4H3/b17-11+,27-10?. The minimum atomic E-state index is -0.444. The quantitative estimate of drug-likeness (QED) is 0.330. The molecule has 3 heterocycles. The zero-order valence-electron chi connectivity index (χ0n) is 19.9. The van der Waals surface area contributed by atoms with Gasteiger partial charge in [-0.2, -0.15) is 0 Å². The molecular weight excluding hydrogens is 446 g/mol. The van der Waals surface area contributed by atoms with E-state index >= 15 is 0 Å². The molecule has 2 aromatic heterocycles. The number of hydrogen-bond donors (Lipinski definition) is 2. The normalized spacial score (nSPS) is 15.2. The zero-order chi connectivity index (χ0) is 24.9. The monoisotopic (exact) mass is 471 g/mol. The van der Waals surface area contributed by atoms with E-state index in [2.05, 4.69) is 10.3 Å². The smallest absolute Gasteiger partial charge is 0.329 e. The van der Waals surface area contributed by atoms with Crippen LogP contribution in [0.5, 0.6) is 11.5 Å². The van der Waals surface area contributed by atoms with Crippen LogP contribution in [-0.2, 0) is 7.05 Å². The number of ketones is 1. The molecule has 1 unspecified atom stereocenters. The van der Waals surface area contributed by atoms with Crippen LogP contribution in [0.2, 0.25) is 0 Å². The Morgan fingerprint density at radius 1 is 1.31 bits per heavy atom. The second-order valence-electron chi connectivity index (χ2n) is 8.42. The van der Waals surface area contributed by atoms with Gasteiger partial charge in [0.05, 0.1) is 46.8 Å². The highest BCUT2D eigenvalue weighted by atomic mass is 16.5. The molecule has 0 bridgehead atoms. The highest BCUT2D eigenvalue weighted by molar-refractivity contribution is 6.16. The molecule has 5 rings (SSSR count). The third-order valence-corrected chi connectivity index (χ3v) is 6.49. The van der Waals surface area contributed by atoms with E-state index in [0.717, 1.165) is 5.56 Å². The predicted octanol–water partition coefficient (Wildman–Crippen LogP) is 3.29. The van der Waals surface area contributed by atoms with E-state index in [1.54, 1.807) is 60.9 Å². The molecule has 9 heteroatoms. The first-order chi connectivity index (χ1) is 16.9. The molecule has 0 spiro atoms. The number of aryl methyl sites for hydroxylation is 1. The summed E-state index contributed by atoms with van der Waals surface area (Å²) < 4.78 is 15.4. The van der Waals surface area contributed by atoms with Crippen molar-refractivity contribution in [2.45, 2.75) is 13.0 Å². The number of hydrogen-bond acceptors (Lipinski definition) is 7. The van der Waals surface area contributed by atoms with Crippen LogP contribution in [0.1, 0.15) is 34.5 Å². The van der Waals surface area contributed by atoms with Crippen LogP contribution in [0.3, 0.4) is 0 Å². The molecule has 9 nitrogen and oxygen atoms in total. The van der Waals surface area contributed by atoms with E-state index in [-0.39, 0.29) is 18.1 Å². The molecule has 178 valence electrons. The van der Waals surface area contributed by atoms with Crippen molar-refractivity contribution >= 4 is 39.5 Å². The van der Waals surface area contributed by atoms with Gasteiger partial charge in [-0.05, 0) is 12.5 Å². The van der Waals surface area contributed by atoms with Crippen LogP contribution >= 0.6 is 0 Å². The van der Waals surface area contributed by atoms with E-state index in [4.69, 9.17) is 14.9 Å². The molecule has 35 heavy (non-hydrogen) atoms. The van der Waals surface area contributed by atoms with Gasteiger partial charge in [-0.3, -0.25) is 18.9 Å². The fourth-order valence-electron chi connectivity index (χ4n) is 4.75. The van der Waals surface area contributed by atoms with Gasteiger partial charge in [-0.1, -0.05) is 24.3 Å². The fourth-order valence-corrected chi connectivity index (χ4v) is 4.75. The van der Waals surface area contributed by atoms with Gasteiger partial charge in [0, 0.05) is 43.7 Å². The van der Waals surface area contributed by atoms with Crippen LogP contribution in [0.25, 0.3) is 27.5 Å². The molecule has 0 saturated heterocycles. The lowest BCUT2D eigenvalue weighted by Crippen LogP contribution is -2.29. The highest BCUT2D eigenvalue weighted by Gasteiger charge is 2.31. The van der Waals surface area contributed by atoms with Crippen LogP contribution in [0, 0.1) is 5.41 Å². The Labute approximate surface area is 201 Å². The molecule has 0 radical (unpaired) electrons. The number of benzene rings is 2. The van der Waals surface area contributed by atoms with Crippen molar-refractivity contribution in [1.82, 2.24) is 19.4 Å². The summed E-state index contributed by atoms with van der Waals surface area (Å²) in [6.07, 6.45) is 4.61. The number of nitrogens with zero attached hydrogens (tertiary/aromatic N) is 3. The van der Waals surface area contributed by atoms with Crippen molar-refractivity contribution in [3.8, 4) is 11.5 Å². The van der Waals surface area contributed by atoms with E-state index in [1.807, 2.05) is 12.1 Å². The number of nitrogens with one attached hydrogen (secondary N) is 2. The maximum absolute atomic E-state index is 13.5. The Hall–Kier alpha value is -4.40. The Kier molecular flexibility index (Phi) is 5.39. The number of allylic oxidation sites excluding steroid dienone is 1. The number of carbonyl (C=O) groups excluding carboxylic acids is 1. The summed E-state index contributed by atoms with van der Waals surface area (Å²) in [5.41, 5.74) is 4.41. The van der Waals surface area contributed by atoms with Crippen LogP contribution in [-0.4, -0.2) is 46.9 Å². The minimum Gasteiger partial charge on any atom is -0.496 e. The topological polar surface area (TPSA) is 111 Å². The third kappa shape index (κ3) is 3.30. The summed E-state index contributed by atoms with van der Waals surface area (Å²) >= 11 is 0. The van der Waals surface area contributed by atoms with Crippen LogP contribution in [0.15, 0.2) is 47.5 Å². The molecule has 1 aliphatic rings. The van der Waals surface area contributed by atoms with Gasteiger partial charge in [0.2, 0.25) is 0 Å². The number of ether oxygens (including phenoxy) is 2. The Morgan fingerprint density at radius 2 is 2.06 bits per heavy atom. The summed E-state index contributed by atoms with van der Waals surface area (Å²) in [4.78, 5) is 29.9. The summed E-state index contributed by atoms with van der Waals surface area (Å²) in [5.74, 6) is 0.992. The van der Waals surface area contributed by atoms with Crippen molar-refractivity contribution in [3.05, 3.63) is 69.9 Å². The number of carbonyl (C=O) groups is 1. The van der Waals surface area contributed by atoms with Crippen molar-refractivity contribution in [2.75, 3.05) is 20.8 Å². The van der Waals surface area contributed by atoms with Crippen molar-refractivity contribution < 1.29 is 14.3 Å². The van der Waals surface area contributed by atoms with Crippen molar-refractivity contribution in [3.63, 3.8) is 0 Å². The number of methoxy groups -OCH3 is 1. The van der Waals surface area contributed by atoms with E-state index < -0.39 is 6.04 Å². The predicted molar refractivity (Wildman–Crippen MR) is 135 cm³/mol. The van der Waals surface area contributed by atoms with Gasteiger partial charge in [0.15, 0.2) is 5.78 Å². The number of aromatic nitrogens is 3. The van der Waals surface area contributed by atoms with Gasteiger partial charge in [-0.25, -0.2) is 4.79 Å². The van der Waals surface area contributed by atoms with Gasteiger partial charge < -0.3 is 20.2 Å². The number of rotatable bonds is 6. The lowest BCUT2D eigenvalue weighted by molar-refractivity contribution is 0.101. The molecule has 0 amide bonds. The minimum absolute atomic E-state index is 0.0246. The van der Waals surface area contributed by atoms with Gasteiger partial charge in [0.25, 0.3) is 0 Å². The van der Waals surface area contributed by atoms with Crippen LogP contribution < -0.4 is 20.5 Å². The van der Waals surface area contributed by atoms with Gasteiger partial charge >= 0.3 is 5.69 Å². The lowest BCUT2D eigenvalue weighted by Gasteiger charge is -2.19. The summed E-state index contributed by atoms with van der Waals surface area (Å²) in [5, 5.41) is 11.7. The molecule has 1 atom stereocenters. The lowest BCUT2D eigenvalue weighted by atomic mass is 10.0. The summed E-state index contributed by atoms with van der Waals surface area (Å²) in [6, 6.07) is 8.60. The molecule has 0 aliphatic carbocycles. The Balaban J connectivity index is 1.87. The van der Waals surface area contributed by atoms with Gasteiger partial charge in [-0.15, -0.1) is 0 Å². The van der Waals surface area contributed by atoms with Crippen molar-refractivity contribution in [2.24, 2.45) is 7.05 Å². The molecule has 2 N–H and O–H groups in total. The summed E-state index contributed by atoms with van der Waals surface area (Å²) in [6.45, 7) is 1.68. The largest absolute Gasteiger partial charge is 0.496 e. The number of imidazole rings is 1. The Bertz CT molecular complexity index is 1590. The maximum Gasteiger partial charge on any atom is 0.329 e. The molecule has 4 aromatic rings. The SMILES string of the molecule is CN/C=C(\C=N)c1c(OC)cc2ncc3c4c2c1OCC(c1ccc(C(C)=O)cc1)n4c(=O)n3C. The fraction of sp³-hybridized carbons (Fsp3) is 0.231. The highest BCUT2D eigenvalue weighted by Crippen LogP contribution is 2.45. The first-order valence-corrected chi connectivity index (χ1v) is 11.1. The third-order valence-electron chi connectivity index (χ3n) is 6.49. The zero-order valence-corrected chi connectivity index (χ0v) is 19.9. The number of Topliss-reactive ketones (excluding diaryl/α,β-unsaturated/α-hetero) is 1. The second kappa shape index (κ2) is 8.43. The van der Waals surface area contributed by atoms with Crippen molar-refractivity contribution in [1.29, 1.82) is 5.41 Å². The molecular formula is C26H25N5O4.